The minimum Gasteiger partial charge on any atom is -0.493 e. The number of hydrogen-bond acceptors (Lipinski definition) is 8. The molecule has 0 radical (unpaired) electrons. The van der Waals surface area contributed by atoms with E-state index in [4.69, 9.17) is 18.9 Å². The molecule has 0 bridgehead atoms. The fourth-order valence-corrected chi connectivity index (χ4v) is 3.92. The average molecular weight is 494 g/mol. The molecule has 0 aliphatic carbocycles. The summed E-state index contributed by atoms with van der Waals surface area (Å²) < 4.78 is 52.4. The Kier molecular flexibility index (Phi) is 9.00. The van der Waals surface area contributed by atoms with Gasteiger partial charge in [-0.2, -0.15) is 13.9 Å². The van der Waals surface area contributed by atoms with Crippen molar-refractivity contribution in [1.82, 2.24) is 4.68 Å². The van der Waals surface area contributed by atoms with Gasteiger partial charge in [-0.1, -0.05) is 0 Å². The second kappa shape index (κ2) is 12.1. The van der Waals surface area contributed by atoms with E-state index in [0.717, 1.165) is 11.3 Å². The first-order valence-corrected chi connectivity index (χ1v) is 11.0. The van der Waals surface area contributed by atoms with Gasteiger partial charge in [0.1, 0.15) is 5.75 Å². The van der Waals surface area contributed by atoms with Crippen molar-refractivity contribution < 1.29 is 32.5 Å². The maximum atomic E-state index is 12.5. The zero-order chi connectivity index (χ0) is 24.5. The number of alkyl halides is 2. The van der Waals surface area contributed by atoms with Crippen molar-refractivity contribution >= 4 is 17.6 Å². The molecule has 0 N–H and O–H groups in total. The van der Waals surface area contributed by atoms with Crippen LogP contribution in [0.4, 0.5) is 8.78 Å². The molecular formula is C23H25F2N3O5S. The third-order valence-corrected chi connectivity index (χ3v) is 5.47. The summed E-state index contributed by atoms with van der Waals surface area (Å²) in [7, 11) is 6.22. The number of benzene rings is 2. The number of rotatable bonds is 11. The second-order valence-corrected chi connectivity index (χ2v) is 7.53. The molecule has 0 unspecified atom stereocenters. The fraction of sp³-hybridized carbons (Fsp3) is 0.304. The minimum atomic E-state index is -2.88. The van der Waals surface area contributed by atoms with Crippen LogP contribution >= 0.6 is 11.3 Å². The Morgan fingerprint density at radius 2 is 1.68 bits per heavy atom. The number of nitrogens with zero attached hydrogens (tertiary/aromatic N) is 3. The molecule has 0 spiro atoms. The highest BCUT2D eigenvalue weighted by Gasteiger charge is 2.13. The average Bonchev–Trinajstić information content (AvgIpc) is 3.24. The number of hydrogen-bond donors (Lipinski definition) is 0. The van der Waals surface area contributed by atoms with Crippen molar-refractivity contribution in [3.8, 4) is 34.3 Å². The lowest BCUT2D eigenvalue weighted by molar-refractivity contribution is -0.0498. The molecule has 1 heterocycles. The van der Waals surface area contributed by atoms with Crippen LogP contribution in [0.1, 0.15) is 5.56 Å². The predicted octanol–water partition coefficient (Wildman–Crippen LogP) is 4.27. The van der Waals surface area contributed by atoms with E-state index in [9.17, 15) is 8.78 Å². The summed E-state index contributed by atoms with van der Waals surface area (Å²) in [5, 5.41) is 6.52. The summed E-state index contributed by atoms with van der Waals surface area (Å²) in [4.78, 5) is 5.20. The normalized spacial score (nSPS) is 11.9. The summed E-state index contributed by atoms with van der Waals surface area (Å²) in [5.74, 6) is 1.55. The van der Waals surface area contributed by atoms with E-state index in [1.165, 1.54) is 44.8 Å². The lowest BCUT2D eigenvalue weighted by Gasteiger charge is -2.12. The van der Waals surface area contributed by atoms with Crippen molar-refractivity contribution in [1.29, 1.82) is 0 Å². The van der Waals surface area contributed by atoms with E-state index in [2.05, 4.69) is 14.8 Å². The minimum absolute atomic E-state index is 0.0754. The number of thiazole rings is 1. The molecular weight excluding hydrogens is 468 g/mol. The van der Waals surface area contributed by atoms with Crippen molar-refractivity contribution in [3.63, 3.8) is 0 Å². The first-order valence-electron chi connectivity index (χ1n) is 10.1. The zero-order valence-corrected chi connectivity index (χ0v) is 20.0. The van der Waals surface area contributed by atoms with E-state index in [1.807, 2.05) is 5.38 Å². The maximum Gasteiger partial charge on any atom is 0.387 e. The van der Waals surface area contributed by atoms with Gasteiger partial charge in [0, 0.05) is 23.6 Å². The van der Waals surface area contributed by atoms with Crippen LogP contribution in [0.25, 0.3) is 11.3 Å². The van der Waals surface area contributed by atoms with Crippen LogP contribution < -0.4 is 23.7 Å². The van der Waals surface area contributed by atoms with E-state index in [1.54, 1.807) is 42.3 Å². The van der Waals surface area contributed by atoms with Crippen molar-refractivity contribution in [2.75, 3.05) is 41.6 Å². The maximum absolute atomic E-state index is 12.5. The van der Waals surface area contributed by atoms with Crippen LogP contribution in [-0.4, -0.2) is 59.1 Å². The zero-order valence-electron chi connectivity index (χ0n) is 19.2. The van der Waals surface area contributed by atoms with E-state index >= 15 is 0 Å². The number of methoxy groups -OCH3 is 4. The molecule has 3 aromatic rings. The Balaban J connectivity index is 2.03. The summed E-state index contributed by atoms with van der Waals surface area (Å²) in [6, 6.07) is 9.88. The summed E-state index contributed by atoms with van der Waals surface area (Å²) in [6.45, 7) is -1.97. The van der Waals surface area contributed by atoms with Gasteiger partial charge in [0.2, 0.25) is 10.6 Å². The Hall–Kier alpha value is -3.44. The van der Waals surface area contributed by atoms with Crippen LogP contribution in [-0.2, 0) is 4.74 Å². The Morgan fingerprint density at radius 1 is 1.00 bits per heavy atom. The van der Waals surface area contributed by atoms with Gasteiger partial charge in [0.05, 0.1) is 46.4 Å². The first kappa shape index (κ1) is 25.2. The van der Waals surface area contributed by atoms with Gasteiger partial charge in [-0.05, 0) is 36.4 Å². The van der Waals surface area contributed by atoms with Crippen LogP contribution in [0.3, 0.4) is 0 Å². The first-order chi connectivity index (χ1) is 16.5. The Morgan fingerprint density at radius 3 is 2.24 bits per heavy atom. The lowest BCUT2D eigenvalue weighted by atomic mass is 10.2. The van der Waals surface area contributed by atoms with Crippen molar-refractivity contribution in [2.45, 2.75) is 6.61 Å². The molecule has 0 atom stereocenters. The molecule has 0 amide bonds. The smallest absolute Gasteiger partial charge is 0.387 e. The molecule has 2 aromatic carbocycles. The largest absolute Gasteiger partial charge is 0.493 e. The van der Waals surface area contributed by atoms with Crippen LogP contribution in [0.2, 0.25) is 0 Å². The highest BCUT2D eigenvalue weighted by molar-refractivity contribution is 7.07. The molecule has 11 heteroatoms. The molecule has 0 aliphatic heterocycles. The monoisotopic (exact) mass is 493 g/mol. The van der Waals surface area contributed by atoms with Gasteiger partial charge >= 0.3 is 6.61 Å². The van der Waals surface area contributed by atoms with Gasteiger partial charge in [-0.25, -0.2) is 4.68 Å². The summed E-state index contributed by atoms with van der Waals surface area (Å²) >= 11 is 1.40. The Bertz CT molecular complexity index is 1150. The molecule has 0 aliphatic rings. The number of ether oxygens (including phenoxy) is 5. The van der Waals surface area contributed by atoms with Crippen LogP contribution in [0, 0.1) is 0 Å². The van der Waals surface area contributed by atoms with Gasteiger partial charge in [-0.15, -0.1) is 11.3 Å². The van der Waals surface area contributed by atoms with Gasteiger partial charge < -0.3 is 23.7 Å². The molecule has 34 heavy (non-hydrogen) atoms. The van der Waals surface area contributed by atoms with E-state index in [0.29, 0.717) is 40.8 Å². The van der Waals surface area contributed by atoms with Crippen LogP contribution in [0.5, 0.6) is 23.0 Å². The number of halogens is 2. The molecule has 0 saturated heterocycles. The van der Waals surface area contributed by atoms with Crippen molar-refractivity contribution in [2.24, 2.45) is 10.1 Å². The highest BCUT2D eigenvalue weighted by Crippen LogP contribution is 2.37. The molecule has 182 valence electrons. The molecule has 0 fully saturated rings. The molecule has 0 saturated carbocycles. The van der Waals surface area contributed by atoms with Gasteiger partial charge in [-0.3, -0.25) is 4.99 Å². The Labute approximate surface area is 199 Å². The standard InChI is InChI=1S/C23H25F2N3O5S/c1-29-10-9-26-23-28(18(14-34-23)16-5-7-17(8-6-16)33-22(24)25)27-13-15-11-19(30-2)21(32-4)20(12-15)31-3/h5-8,11-14,22H,9-10H2,1-4H3/b26-23?,27-13+. The molecule has 1 aromatic heterocycles. The molecule has 3 rings (SSSR count). The summed E-state index contributed by atoms with van der Waals surface area (Å²) in [6.07, 6.45) is 1.64. The lowest BCUT2D eigenvalue weighted by Crippen LogP contribution is -2.13. The fourth-order valence-electron chi connectivity index (χ4n) is 3.06. The van der Waals surface area contributed by atoms with E-state index < -0.39 is 6.61 Å². The SMILES string of the molecule is COCCN=c1scc(-c2ccc(OC(F)F)cc2)n1/N=C/c1cc(OC)c(OC)c(OC)c1. The quantitative estimate of drug-likeness (QED) is 0.295. The molecule has 8 nitrogen and oxygen atoms in total. The predicted molar refractivity (Wildman–Crippen MR) is 126 cm³/mol. The van der Waals surface area contributed by atoms with Crippen LogP contribution in [0.15, 0.2) is 51.9 Å². The third-order valence-electron chi connectivity index (χ3n) is 4.61. The van der Waals surface area contributed by atoms with Crippen molar-refractivity contribution in [3.05, 3.63) is 52.1 Å². The third kappa shape index (κ3) is 6.12. The topological polar surface area (TPSA) is 75.8 Å². The highest BCUT2D eigenvalue weighted by atomic mass is 32.1. The summed E-state index contributed by atoms with van der Waals surface area (Å²) in [5.41, 5.74) is 2.20. The second-order valence-electron chi connectivity index (χ2n) is 6.70. The van der Waals surface area contributed by atoms with Gasteiger partial charge in [0.25, 0.3) is 0 Å². The van der Waals surface area contributed by atoms with Gasteiger partial charge in [0.15, 0.2) is 11.5 Å². The number of aromatic nitrogens is 1. The van der Waals surface area contributed by atoms with E-state index in [-0.39, 0.29) is 5.75 Å².